The summed E-state index contributed by atoms with van der Waals surface area (Å²) in [5.74, 6) is 0. The average Bonchev–Trinajstić information content (AvgIpc) is 2.33. The van der Waals surface area contributed by atoms with E-state index in [0.717, 1.165) is 17.7 Å². The number of H-pyrrole nitrogens is 1. The number of aryl methyl sites for hydroxylation is 2. The Bertz CT molecular complexity index is 541. The lowest BCUT2D eigenvalue weighted by atomic mass is 10.1. The predicted octanol–water partition coefficient (Wildman–Crippen LogP) is 2.31. The molecule has 0 aliphatic heterocycles. The van der Waals surface area contributed by atoms with Gasteiger partial charge in [-0.1, -0.05) is 31.2 Å². The van der Waals surface area contributed by atoms with E-state index in [2.05, 4.69) is 29.3 Å². The van der Waals surface area contributed by atoms with E-state index in [1.807, 2.05) is 12.1 Å². The van der Waals surface area contributed by atoms with Crippen LogP contribution in [0.2, 0.25) is 0 Å². The van der Waals surface area contributed by atoms with Crippen molar-refractivity contribution in [2.75, 3.05) is 0 Å². The van der Waals surface area contributed by atoms with Gasteiger partial charge in [-0.25, -0.2) is 5.10 Å². The standard InChI is InChI=1S/C13H14N2O/c1-3-10-4-6-11(7-5-10)12-8-9(2)13(16)15-14-12/h4-8H,3H2,1-2H3,(H,15,16). The van der Waals surface area contributed by atoms with Gasteiger partial charge in [-0.05, 0) is 25.0 Å². The number of hydrogen-bond acceptors (Lipinski definition) is 2. The quantitative estimate of drug-likeness (QED) is 0.833. The van der Waals surface area contributed by atoms with Gasteiger partial charge in [0.15, 0.2) is 0 Å². The maximum atomic E-state index is 11.2. The van der Waals surface area contributed by atoms with Crippen LogP contribution in [0.5, 0.6) is 0 Å². The molecule has 2 aromatic rings. The van der Waals surface area contributed by atoms with Crippen molar-refractivity contribution in [3.8, 4) is 11.3 Å². The first-order valence-electron chi connectivity index (χ1n) is 5.36. The van der Waals surface area contributed by atoms with Crippen LogP contribution in [0.25, 0.3) is 11.3 Å². The number of nitrogens with zero attached hydrogens (tertiary/aromatic N) is 1. The minimum absolute atomic E-state index is 0.131. The molecule has 3 nitrogen and oxygen atoms in total. The highest BCUT2D eigenvalue weighted by Crippen LogP contribution is 2.16. The smallest absolute Gasteiger partial charge is 0.267 e. The fourth-order valence-corrected chi connectivity index (χ4v) is 1.56. The van der Waals surface area contributed by atoms with Crippen molar-refractivity contribution < 1.29 is 0 Å². The van der Waals surface area contributed by atoms with Gasteiger partial charge in [0.1, 0.15) is 0 Å². The zero-order valence-electron chi connectivity index (χ0n) is 9.45. The highest BCUT2D eigenvalue weighted by Gasteiger charge is 2.01. The zero-order valence-corrected chi connectivity index (χ0v) is 9.45. The average molecular weight is 214 g/mol. The Hall–Kier alpha value is -1.90. The van der Waals surface area contributed by atoms with E-state index in [-0.39, 0.29) is 5.56 Å². The first kappa shape index (κ1) is 10.6. The van der Waals surface area contributed by atoms with Crippen molar-refractivity contribution in [3.63, 3.8) is 0 Å². The number of nitrogens with one attached hydrogen (secondary N) is 1. The SMILES string of the molecule is CCc1ccc(-c2cc(C)c(=O)[nH]n2)cc1. The number of aromatic amines is 1. The lowest BCUT2D eigenvalue weighted by Crippen LogP contribution is -2.11. The van der Waals surface area contributed by atoms with Crippen molar-refractivity contribution in [3.05, 3.63) is 51.8 Å². The first-order valence-corrected chi connectivity index (χ1v) is 5.36. The molecular weight excluding hydrogens is 200 g/mol. The normalized spacial score (nSPS) is 10.4. The summed E-state index contributed by atoms with van der Waals surface area (Å²) in [4.78, 5) is 11.2. The van der Waals surface area contributed by atoms with Crippen LogP contribution in [0.4, 0.5) is 0 Å². The van der Waals surface area contributed by atoms with E-state index >= 15 is 0 Å². The molecular formula is C13H14N2O. The van der Waals surface area contributed by atoms with E-state index < -0.39 is 0 Å². The molecule has 3 heteroatoms. The van der Waals surface area contributed by atoms with Crippen LogP contribution < -0.4 is 5.56 Å². The Labute approximate surface area is 94.2 Å². The van der Waals surface area contributed by atoms with Crippen LogP contribution in [-0.2, 0) is 6.42 Å². The van der Waals surface area contributed by atoms with Gasteiger partial charge in [-0.15, -0.1) is 0 Å². The van der Waals surface area contributed by atoms with Gasteiger partial charge in [0.25, 0.3) is 5.56 Å². The summed E-state index contributed by atoms with van der Waals surface area (Å²) in [5, 5.41) is 6.52. The summed E-state index contributed by atoms with van der Waals surface area (Å²) in [5.41, 5.74) is 3.68. The molecule has 0 aliphatic rings. The Morgan fingerprint density at radius 1 is 1.25 bits per heavy atom. The molecule has 0 radical (unpaired) electrons. The maximum Gasteiger partial charge on any atom is 0.267 e. The molecule has 2 rings (SSSR count). The first-order chi connectivity index (χ1) is 7.70. The van der Waals surface area contributed by atoms with Crippen LogP contribution in [0, 0.1) is 6.92 Å². The largest absolute Gasteiger partial charge is 0.268 e. The monoisotopic (exact) mass is 214 g/mol. The Morgan fingerprint density at radius 3 is 2.50 bits per heavy atom. The lowest BCUT2D eigenvalue weighted by Gasteiger charge is -2.02. The van der Waals surface area contributed by atoms with Crippen molar-refractivity contribution in [2.24, 2.45) is 0 Å². The number of benzene rings is 1. The molecule has 0 bridgehead atoms. The molecule has 0 unspecified atom stereocenters. The van der Waals surface area contributed by atoms with Crippen molar-refractivity contribution in [1.29, 1.82) is 0 Å². The van der Waals surface area contributed by atoms with Crippen molar-refractivity contribution >= 4 is 0 Å². The Kier molecular flexibility index (Phi) is 2.86. The Balaban J connectivity index is 2.42. The Morgan fingerprint density at radius 2 is 1.94 bits per heavy atom. The van der Waals surface area contributed by atoms with Gasteiger partial charge in [0, 0.05) is 11.1 Å². The van der Waals surface area contributed by atoms with Gasteiger partial charge in [0.05, 0.1) is 5.69 Å². The van der Waals surface area contributed by atoms with E-state index in [1.165, 1.54) is 5.56 Å². The summed E-state index contributed by atoms with van der Waals surface area (Å²) in [6.07, 6.45) is 1.03. The topological polar surface area (TPSA) is 45.8 Å². The summed E-state index contributed by atoms with van der Waals surface area (Å²) >= 11 is 0. The molecule has 0 spiro atoms. The minimum Gasteiger partial charge on any atom is -0.268 e. The van der Waals surface area contributed by atoms with E-state index in [0.29, 0.717) is 5.56 Å². The van der Waals surface area contributed by atoms with E-state index in [1.54, 1.807) is 13.0 Å². The zero-order chi connectivity index (χ0) is 11.5. The molecule has 1 heterocycles. The fourth-order valence-electron chi connectivity index (χ4n) is 1.56. The summed E-state index contributed by atoms with van der Waals surface area (Å²) in [7, 11) is 0. The van der Waals surface area contributed by atoms with Crippen LogP contribution >= 0.6 is 0 Å². The number of aromatic nitrogens is 2. The second-order valence-corrected chi connectivity index (χ2v) is 3.82. The second kappa shape index (κ2) is 4.31. The number of rotatable bonds is 2. The van der Waals surface area contributed by atoms with Gasteiger partial charge in [0.2, 0.25) is 0 Å². The molecule has 0 saturated heterocycles. The van der Waals surface area contributed by atoms with Crippen molar-refractivity contribution in [2.45, 2.75) is 20.3 Å². The molecule has 1 N–H and O–H groups in total. The van der Waals surface area contributed by atoms with Gasteiger partial charge in [-0.2, -0.15) is 5.10 Å². The summed E-state index contributed by atoms with van der Waals surface area (Å²) in [6.45, 7) is 3.90. The van der Waals surface area contributed by atoms with Gasteiger partial charge < -0.3 is 0 Å². The molecule has 0 atom stereocenters. The van der Waals surface area contributed by atoms with Crippen molar-refractivity contribution in [1.82, 2.24) is 10.2 Å². The summed E-state index contributed by atoms with van der Waals surface area (Å²) < 4.78 is 0. The molecule has 0 fully saturated rings. The molecule has 0 amide bonds. The lowest BCUT2D eigenvalue weighted by molar-refractivity contribution is 0.975. The second-order valence-electron chi connectivity index (χ2n) is 3.82. The van der Waals surface area contributed by atoms with Crippen LogP contribution in [-0.4, -0.2) is 10.2 Å². The molecule has 1 aromatic carbocycles. The molecule has 1 aromatic heterocycles. The molecule has 0 saturated carbocycles. The third kappa shape index (κ3) is 2.03. The van der Waals surface area contributed by atoms with Crippen LogP contribution in [0.1, 0.15) is 18.1 Å². The van der Waals surface area contributed by atoms with Gasteiger partial charge >= 0.3 is 0 Å². The maximum absolute atomic E-state index is 11.2. The number of hydrogen-bond donors (Lipinski definition) is 1. The molecule has 82 valence electrons. The third-order valence-corrected chi connectivity index (χ3v) is 2.65. The predicted molar refractivity (Wildman–Crippen MR) is 64.4 cm³/mol. The summed E-state index contributed by atoms with van der Waals surface area (Å²) in [6, 6.07) is 10.0. The molecule has 0 aliphatic carbocycles. The highest BCUT2D eigenvalue weighted by molar-refractivity contribution is 5.59. The van der Waals surface area contributed by atoms with E-state index in [9.17, 15) is 4.79 Å². The van der Waals surface area contributed by atoms with Gasteiger partial charge in [-0.3, -0.25) is 4.79 Å². The minimum atomic E-state index is -0.131. The third-order valence-electron chi connectivity index (χ3n) is 2.65. The molecule has 16 heavy (non-hydrogen) atoms. The fraction of sp³-hybridized carbons (Fsp3) is 0.231. The van der Waals surface area contributed by atoms with Crippen LogP contribution in [0.3, 0.4) is 0 Å². The van der Waals surface area contributed by atoms with E-state index in [4.69, 9.17) is 0 Å². The van der Waals surface area contributed by atoms with Crippen LogP contribution in [0.15, 0.2) is 35.1 Å². The highest BCUT2D eigenvalue weighted by atomic mass is 16.1.